The Bertz CT molecular complexity index is 538. The fraction of sp³-hybridized carbons (Fsp3) is 0.500. The predicted octanol–water partition coefficient (Wildman–Crippen LogP) is 2.43. The highest BCUT2D eigenvalue weighted by Gasteiger charge is 2.18. The number of aryl methyl sites for hydroxylation is 1. The molecule has 0 saturated carbocycles. The van der Waals surface area contributed by atoms with Crippen LogP contribution >= 0.6 is 0 Å². The zero-order chi connectivity index (χ0) is 16.2. The van der Waals surface area contributed by atoms with Crippen LogP contribution in [0.1, 0.15) is 37.9 Å². The Morgan fingerprint density at radius 3 is 2.57 bits per heavy atom. The van der Waals surface area contributed by atoms with Gasteiger partial charge in [0.15, 0.2) is 0 Å². The summed E-state index contributed by atoms with van der Waals surface area (Å²) < 4.78 is 5.10. The van der Waals surface area contributed by atoms with Gasteiger partial charge in [-0.15, -0.1) is 0 Å². The molecule has 1 rings (SSSR count). The van der Waals surface area contributed by atoms with Crippen molar-refractivity contribution in [3.8, 4) is 0 Å². The van der Waals surface area contributed by atoms with Gasteiger partial charge in [-0.25, -0.2) is 4.79 Å². The molecule has 1 unspecified atom stereocenters. The third kappa shape index (κ3) is 5.39. The van der Waals surface area contributed by atoms with Crippen LogP contribution < -0.4 is 11.1 Å². The number of nitrogens with two attached hydrogens (primary N) is 1. The fourth-order valence-corrected chi connectivity index (χ4v) is 1.74. The highest BCUT2D eigenvalue weighted by molar-refractivity contribution is 5.67. The van der Waals surface area contributed by atoms with Gasteiger partial charge < -0.3 is 15.8 Å². The molecule has 1 aromatic rings. The van der Waals surface area contributed by atoms with E-state index in [1.54, 1.807) is 39.8 Å². The number of carbonyl (C=O) groups excluding carboxylic acids is 1. The van der Waals surface area contributed by atoms with E-state index in [0.717, 1.165) is 0 Å². The van der Waals surface area contributed by atoms with Gasteiger partial charge in [0.2, 0.25) is 0 Å². The SMILES string of the molecule is Cc1cc(C(N)CNC(=O)OC(C)(C)C)ccc1[N+](=O)[O-]. The lowest BCUT2D eigenvalue weighted by atomic mass is 10.0. The number of hydrogen-bond donors (Lipinski definition) is 2. The molecule has 3 N–H and O–H groups in total. The molecule has 0 heterocycles. The van der Waals surface area contributed by atoms with Gasteiger partial charge in [-0.1, -0.05) is 6.07 Å². The largest absolute Gasteiger partial charge is 0.444 e. The van der Waals surface area contributed by atoms with Gasteiger partial charge in [0.25, 0.3) is 5.69 Å². The van der Waals surface area contributed by atoms with Crippen molar-refractivity contribution in [3.63, 3.8) is 0 Å². The van der Waals surface area contributed by atoms with Crippen LogP contribution in [0.25, 0.3) is 0 Å². The van der Waals surface area contributed by atoms with E-state index in [-0.39, 0.29) is 12.2 Å². The lowest BCUT2D eigenvalue weighted by molar-refractivity contribution is -0.385. The second kappa shape index (κ2) is 6.53. The highest BCUT2D eigenvalue weighted by Crippen LogP contribution is 2.21. The summed E-state index contributed by atoms with van der Waals surface area (Å²) in [5.74, 6) is 0. The molecule has 1 aromatic carbocycles. The molecule has 0 saturated heterocycles. The van der Waals surface area contributed by atoms with Crippen molar-refractivity contribution in [3.05, 3.63) is 39.4 Å². The van der Waals surface area contributed by atoms with Crippen molar-refractivity contribution < 1.29 is 14.5 Å². The molecule has 0 spiro atoms. The number of nitro groups is 1. The molecule has 1 atom stereocenters. The number of rotatable bonds is 4. The lowest BCUT2D eigenvalue weighted by Crippen LogP contribution is -2.36. The predicted molar refractivity (Wildman–Crippen MR) is 79.0 cm³/mol. The molecular weight excluding hydrogens is 274 g/mol. The average Bonchev–Trinajstić information content (AvgIpc) is 2.33. The van der Waals surface area contributed by atoms with Crippen LogP contribution in [0.4, 0.5) is 10.5 Å². The number of carbonyl (C=O) groups is 1. The fourth-order valence-electron chi connectivity index (χ4n) is 1.74. The molecular formula is C14H21N3O4. The first-order valence-corrected chi connectivity index (χ1v) is 6.57. The summed E-state index contributed by atoms with van der Waals surface area (Å²) in [6, 6.07) is 4.20. The first kappa shape index (κ1) is 16.9. The monoisotopic (exact) mass is 295 g/mol. The van der Waals surface area contributed by atoms with Crippen LogP contribution in [0.5, 0.6) is 0 Å². The van der Waals surface area contributed by atoms with Crippen LogP contribution in [0.15, 0.2) is 18.2 Å². The molecule has 7 heteroatoms. The summed E-state index contributed by atoms with van der Waals surface area (Å²) in [7, 11) is 0. The number of nitro benzene ring substituents is 1. The molecule has 1 amide bonds. The summed E-state index contributed by atoms with van der Waals surface area (Å²) in [5.41, 5.74) is 6.69. The maximum Gasteiger partial charge on any atom is 0.407 e. The molecule has 0 aliphatic heterocycles. The molecule has 116 valence electrons. The van der Waals surface area contributed by atoms with Crippen LogP contribution in [-0.2, 0) is 4.74 Å². The number of nitrogens with zero attached hydrogens (tertiary/aromatic N) is 1. The Kier molecular flexibility index (Phi) is 5.26. The van der Waals surface area contributed by atoms with Crippen molar-refractivity contribution in [2.75, 3.05) is 6.54 Å². The van der Waals surface area contributed by atoms with Gasteiger partial charge in [0.1, 0.15) is 5.60 Å². The van der Waals surface area contributed by atoms with E-state index < -0.39 is 22.7 Å². The minimum absolute atomic E-state index is 0.0473. The molecule has 0 bridgehead atoms. The molecule has 21 heavy (non-hydrogen) atoms. The number of alkyl carbamates (subject to hydrolysis) is 1. The number of ether oxygens (including phenoxy) is 1. The van der Waals surface area contributed by atoms with Crippen molar-refractivity contribution in [1.82, 2.24) is 5.32 Å². The van der Waals surface area contributed by atoms with E-state index >= 15 is 0 Å². The van der Waals surface area contributed by atoms with Crippen molar-refractivity contribution in [1.29, 1.82) is 0 Å². The second-order valence-electron chi connectivity index (χ2n) is 5.79. The van der Waals surface area contributed by atoms with E-state index in [9.17, 15) is 14.9 Å². The van der Waals surface area contributed by atoms with Gasteiger partial charge in [-0.2, -0.15) is 0 Å². The maximum absolute atomic E-state index is 11.5. The quantitative estimate of drug-likeness (QED) is 0.655. The van der Waals surface area contributed by atoms with Crippen LogP contribution in [0, 0.1) is 17.0 Å². The Morgan fingerprint density at radius 2 is 2.10 bits per heavy atom. The summed E-state index contributed by atoms with van der Waals surface area (Å²) in [4.78, 5) is 21.8. The number of amides is 1. The zero-order valence-electron chi connectivity index (χ0n) is 12.7. The van der Waals surface area contributed by atoms with E-state index in [2.05, 4.69) is 5.32 Å². The molecule has 0 aromatic heterocycles. The minimum atomic E-state index is -0.571. The number of nitrogens with one attached hydrogen (secondary N) is 1. The molecule has 0 radical (unpaired) electrons. The Hall–Kier alpha value is -2.15. The maximum atomic E-state index is 11.5. The lowest BCUT2D eigenvalue weighted by Gasteiger charge is -2.21. The smallest absolute Gasteiger partial charge is 0.407 e. The first-order chi connectivity index (χ1) is 9.60. The standard InChI is InChI=1S/C14H21N3O4/c1-9-7-10(5-6-12(9)17(19)20)11(15)8-16-13(18)21-14(2,3)4/h5-7,11H,8,15H2,1-4H3,(H,16,18). The summed E-state index contributed by atoms with van der Waals surface area (Å²) >= 11 is 0. The zero-order valence-corrected chi connectivity index (χ0v) is 12.7. The van der Waals surface area contributed by atoms with E-state index in [1.807, 2.05) is 0 Å². The Labute approximate surface area is 123 Å². The van der Waals surface area contributed by atoms with Gasteiger partial charge in [0.05, 0.1) is 4.92 Å². The van der Waals surface area contributed by atoms with Crippen LogP contribution in [0.2, 0.25) is 0 Å². The summed E-state index contributed by atoms with van der Waals surface area (Å²) in [6.07, 6.45) is -0.545. The summed E-state index contributed by atoms with van der Waals surface area (Å²) in [5, 5.41) is 13.3. The molecule has 0 aliphatic rings. The van der Waals surface area contributed by atoms with E-state index in [4.69, 9.17) is 10.5 Å². The van der Waals surface area contributed by atoms with Crippen molar-refractivity contribution >= 4 is 11.8 Å². The first-order valence-electron chi connectivity index (χ1n) is 6.57. The van der Waals surface area contributed by atoms with E-state index in [0.29, 0.717) is 11.1 Å². The normalized spacial score (nSPS) is 12.6. The molecule has 0 fully saturated rings. The van der Waals surface area contributed by atoms with Crippen LogP contribution in [-0.4, -0.2) is 23.2 Å². The van der Waals surface area contributed by atoms with Gasteiger partial charge >= 0.3 is 6.09 Å². The minimum Gasteiger partial charge on any atom is -0.444 e. The molecule has 0 aliphatic carbocycles. The van der Waals surface area contributed by atoms with Crippen LogP contribution in [0.3, 0.4) is 0 Å². The summed E-state index contributed by atoms with van der Waals surface area (Å²) in [6.45, 7) is 7.15. The highest BCUT2D eigenvalue weighted by atomic mass is 16.6. The second-order valence-corrected chi connectivity index (χ2v) is 5.79. The topological polar surface area (TPSA) is 107 Å². The third-order valence-electron chi connectivity index (χ3n) is 2.71. The number of hydrogen-bond acceptors (Lipinski definition) is 5. The molecule has 7 nitrogen and oxygen atoms in total. The van der Waals surface area contributed by atoms with Crippen molar-refractivity contribution in [2.24, 2.45) is 5.73 Å². The Morgan fingerprint density at radius 1 is 1.48 bits per heavy atom. The number of benzene rings is 1. The van der Waals surface area contributed by atoms with Crippen molar-refractivity contribution in [2.45, 2.75) is 39.3 Å². The van der Waals surface area contributed by atoms with E-state index in [1.165, 1.54) is 6.07 Å². The van der Waals surface area contributed by atoms with Gasteiger partial charge in [0, 0.05) is 24.2 Å². The van der Waals surface area contributed by atoms with Gasteiger partial charge in [-0.3, -0.25) is 10.1 Å². The average molecular weight is 295 g/mol. The van der Waals surface area contributed by atoms with Gasteiger partial charge in [-0.05, 0) is 39.3 Å². The third-order valence-corrected chi connectivity index (χ3v) is 2.71. The Balaban J connectivity index is 2.64.